The number of hydrogen-bond donors (Lipinski definition) is 1. The highest BCUT2D eigenvalue weighted by molar-refractivity contribution is 7.90. The molecular weight excluding hydrogens is 489 g/mol. The molecule has 1 N–H and O–H groups in total. The summed E-state index contributed by atoms with van der Waals surface area (Å²) in [6, 6.07) is 13.0. The van der Waals surface area contributed by atoms with Crippen LogP contribution < -0.4 is 5.32 Å². The lowest BCUT2D eigenvalue weighted by Crippen LogP contribution is -2.36. The maximum absolute atomic E-state index is 12.8. The summed E-state index contributed by atoms with van der Waals surface area (Å²) in [7, 11) is -3.97. The summed E-state index contributed by atoms with van der Waals surface area (Å²) in [5.74, 6) is -0.466. The SMILES string of the molecule is CC(C)(C)OC(=O)NC(Cc1ccccc1)c1nnc(S(=O)(=O)Cc2ccc(Cl)c(Cl)c2)o1. The number of nitrogens with one attached hydrogen (secondary N) is 1. The second-order valence-corrected chi connectivity index (χ2v) is 11.0. The van der Waals surface area contributed by atoms with E-state index in [-0.39, 0.29) is 17.3 Å². The minimum Gasteiger partial charge on any atom is -0.444 e. The molecule has 0 saturated carbocycles. The Balaban J connectivity index is 1.84. The van der Waals surface area contributed by atoms with Gasteiger partial charge in [-0.3, -0.25) is 0 Å². The fourth-order valence-corrected chi connectivity index (χ4v) is 4.34. The van der Waals surface area contributed by atoms with Crippen LogP contribution >= 0.6 is 23.2 Å². The van der Waals surface area contributed by atoms with Crippen LogP contribution in [0.25, 0.3) is 0 Å². The normalized spacial score (nSPS) is 12.9. The van der Waals surface area contributed by atoms with Crippen molar-refractivity contribution in [3.8, 4) is 0 Å². The highest BCUT2D eigenvalue weighted by Crippen LogP contribution is 2.26. The molecule has 0 aliphatic heterocycles. The predicted molar refractivity (Wildman–Crippen MR) is 124 cm³/mol. The number of ether oxygens (including phenoxy) is 1. The fraction of sp³-hybridized carbons (Fsp3) is 0.318. The minimum absolute atomic E-state index is 0.0579. The van der Waals surface area contributed by atoms with Gasteiger partial charge < -0.3 is 14.5 Å². The molecule has 3 rings (SSSR count). The first-order valence-electron chi connectivity index (χ1n) is 9.96. The average molecular weight is 512 g/mol. The van der Waals surface area contributed by atoms with Crippen molar-refractivity contribution >= 4 is 39.1 Å². The Morgan fingerprint density at radius 2 is 1.76 bits per heavy atom. The quantitative estimate of drug-likeness (QED) is 0.466. The summed E-state index contributed by atoms with van der Waals surface area (Å²) in [6.45, 7) is 5.21. The number of carbonyl (C=O) groups is 1. The van der Waals surface area contributed by atoms with Crippen LogP contribution in [0.1, 0.15) is 43.8 Å². The third-order valence-corrected chi connectivity index (χ3v) is 6.45. The molecule has 1 atom stereocenters. The predicted octanol–water partition coefficient (Wildman–Crippen LogP) is 5.16. The number of benzene rings is 2. The maximum Gasteiger partial charge on any atom is 0.408 e. The molecule has 0 radical (unpaired) electrons. The van der Waals surface area contributed by atoms with Crippen molar-refractivity contribution in [1.29, 1.82) is 0 Å². The molecule has 33 heavy (non-hydrogen) atoms. The zero-order chi connectivity index (χ0) is 24.2. The van der Waals surface area contributed by atoms with E-state index in [9.17, 15) is 13.2 Å². The summed E-state index contributed by atoms with van der Waals surface area (Å²) in [5, 5.41) is 10.3. The van der Waals surface area contributed by atoms with Crippen LogP contribution in [0.15, 0.2) is 58.2 Å². The van der Waals surface area contributed by atoms with Gasteiger partial charge >= 0.3 is 11.3 Å². The van der Waals surface area contributed by atoms with Gasteiger partial charge in [0.1, 0.15) is 11.6 Å². The summed E-state index contributed by atoms with van der Waals surface area (Å²) < 4.78 is 36.5. The molecule has 0 fully saturated rings. The molecule has 176 valence electrons. The molecule has 2 aromatic carbocycles. The Labute approximate surface area is 202 Å². The van der Waals surface area contributed by atoms with Gasteiger partial charge in [0.15, 0.2) is 0 Å². The first kappa shape index (κ1) is 25.0. The topological polar surface area (TPSA) is 111 Å². The number of rotatable bonds is 7. The van der Waals surface area contributed by atoms with Gasteiger partial charge in [0.25, 0.3) is 0 Å². The molecule has 1 amide bonds. The van der Waals surface area contributed by atoms with E-state index in [0.29, 0.717) is 10.6 Å². The number of sulfone groups is 1. The zero-order valence-corrected chi connectivity index (χ0v) is 20.5. The van der Waals surface area contributed by atoms with E-state index in [0.717, 1.165) is 5.56 Å². The van der Waals surface area contributed by atoms with Crippen LogP contribution in [0.2, 0.25) is 10.0 Å². The molecule has 0 spiro atoms. The molecule has 3 aromatic rings. The third-order valence-electron chi connectivity index (χ3n) is 4.30. The Hall–Kier alpha value is -2.62. The van der Waals surface area contributed by atoms with Crippen molar-refractivity contribution in [3.63, 3.8) is 0 Å². The van der Waals surface area contributed by atoms with Crippen LogP contribution in [-0.4, -0.2) is 30.3 Å². The molecule has 1 unspecified atom stereocenters. The summed E-state index contributed by atoms with van der Waals surface area (Å²) in [4.78, 5) is 12.4. The number of nitrogens with zero attached hydrogens (tertiary/aromatic N) is 2. The van der Waals surface area contributed by atoms with E-state index in [1.54, 1.807) is 26.8 Å². The van der Waals surface area contributed by atoms with E-state index in [1.165, 1.54) is 12.1 Å². The standard InChI is InChI=1S/C22H23Cl2N3O5S/c1-22(2,3)32-20(28)25-18(12-14-7-5-4-6-8-14)19-26-27-21(31-19)33(29,30)13-15-9-10-16(23)17(24)11-15/h4-11,18H,12-13H2,1-3H3,(H,25,28). The van der Waals surface area contributed by atoms with Crippen molar-refractivity contribution < 1.29 is 22.4 Å². The number of carbonyl (C=O) groups excluding carboxylic acids is 1. The van der Waals surface area contributed by atoms with E-state index in [4.69, 9.17) is 32.4 Å². The summed E-state index contributed by atoms with van der Waals surface area (Å²) in [6.07, 6.45) is -0.406. The van der Waals surface area contributed by atoms with Crippen molar-refractivity contribution in [2.45, 2.75) is 49.8 Å². The second-order valence-electron chi connectivity index (χ2n) is 8.30. The fourth-order valence-electron chi connectivity index (χ4n) is 2.90. The number of amides is 1. The van der Waals surface area contributed by atoms with Gasteiger partial charge in [-0.05, 0) is 44.0 Å². The van der Waals surface area contributed by atoms with Gasteiger partial charge in [0, 0.05) is 6.42 Å². The van der Waals surface area contributed by atoms with Crippen LogP contribution in [0, 0.1) is 0 Å². The Morgan fingerprint density at radius 3 is 2.39 bits per heavy atom. The highest BCUT2D eigenvalue weighted by atomic mass is 35.5. The van der Waals surface area contributed by atoms with E-state index in [2.05, 4.69) is 15.5 Å². The number of halogens is 2. The summed E-state index contributed by atoms with van der Waals surface area (Å²) >= 11 is 11.9. The monoisotopic (exact) mass is 511 g/mol. The van der Waals surface area contributed by atoms with Crippen LogP contribution in [-0.2, 0) is 26.7 Å². The summed E-state index contributed by atoms with van der Waals surface area (Å²) in [5.41, 5.74) is 0.568. The first-order chi connectivity index (χ1) is 15.4. The van der Waals surface area contributed by atoms with Crippen LogP contribution in [0.4, 0.5) is 4.79 Å². The Morgan fingerprint density at radius 1 is 1.06 bits per heavy atom. The van der Waals surface area contributed by atoms with Gasteiger partial charge in [0.2, 0.25) is 15.7 Å². The van der Waals surface area contributed by atoms with E-state index >= 15 is 0 Å². The van der Waals surface area contributed by atoms with Crippen molar-refractivity contribution in [3.05, 3.63) is 75.6 Å². The largest absolute Gasteiger partial charge is 0.444 e. The van der Waals surface area contributed by atoms with Gasteiger partial charge in [0.05, 0.1) is 15.8 Å². The molecule has 8 nitrogen and oxygen atoms in total. The molecule has 0 saturated heterocycles. The highest BCUT2D eigenvalue weighted by Gasteiger charge is 2.29. The van der Waals surface area contributed by atoms with Crippen molar-refractivity contribution in [2.24, 2.45) is 0 Å². The second kappa shape index (κ2) is 10.1. The lowest BCUT2D eigenvalue weighted by molar-refractivity contribution is 0.0494. The molecular formula is C22H23Cl2N3O5S. The van der Waals surface area contributed by atoms with Gasteiger partial charge in [-0.1, -0.05) is 64.7 Å². The molecule has 1 aromatic heterocycles. The lowest BCUT2D eigenvalue weighted by atomic mass is 10.1. The number of aromatic nitrogens is 2. The smallest absolute Gasteiger partial charge is 0.408 e. The maximum atomic E-state index is 12.8. The van der Waals surface area contributed by atoms with Gasteiger partial charge in [-0.15, -0.1) is 5.10 Å². The van der Waals surface area contributed by atoms with Crippen LogP contribution in [0.3, 0.4) is 0 Å². The molecule has 0 aliphatic carbocycles. The average Bonchev–Trinajstić information content (AvgIpc) is 3.21. The lowest BCUT2D eigenvalue weighted by Gasteiger charge is -2.22. The minimum atomic E-state index is -3.97. The molecule has 11 heteroatoms. The zero-order valence-electron chi connectivity index (χ0n) is 18.2. The Bertz CT molecular complexity index is 1220. The van der Waals surface area contributed by atoms with Gasteiger partial charge in [-0.2, -0.15) is 0 Å². The molecule has 1 heterocycles. The van der Waals surface area contributed by atoms with Crippen molar-refractivity contribution in [2.75, 3.05) is 0 Å². The number of alkyl carbamates (subject to hydrolysis) is 1. The third kappa shape index (κ3) is 7.18. The van der Waals surface area contributed by atoms with Crippen LogP contribution in [0.5, 0.6) is 0 Å². The Kier molecular flexibility index (Phi) is 7.66. The number of hydrogen-bond acceptors (Lipinski definition) is 7. The van der Waals surface area contributed by atoms with E-state index in [1.807, 2.05) is 30.3 Å². The molecule has 0 bridgehead atoms. The van der Waals surface area contributed by atoms with E-state index < -0.39 is 38.5 Å². The molecule has 0 aliphatic rings. The first-order valence-corrected chi connectivity index (χ1v) is 12.4. The van der Waals surface area contributed by atoms with Crippen molar-refractivity contribution in [1.82, 2.24) is 15.5 Å². The van der Waals surface area contributed by atoms with Gasteiger partial charge in [-0.25, -0.2) is 13.2 Å².